The molecule has 0 fully saturated rings. The van der Waals surface area contributed by atoms with Crippen molar-refractivity contribution in [1.29, 1.82) is 0 Å². The summed E-state index contributed by atoms with van der Waals surface area (Å²) in [5.41, 5.74) is 0.685. The van der Waals surface area contributed by atoms with Crippen LogP contribution in [0.2, 0.25) is 0 Å². The molecule has 2 aromatic rings. The van der Waals surface area contributed by atoms with Crippen LogP contribution in [0, 0.1) is 0 Å². The van der Waals surface area contributed by atoms with Gasteiger partial charge in [0.1, 0.15) is 0 Å². The molecule has 0 amide bonds. The van der Waals surface area contributed by atoms with E-state index in [9.17, 15) is 0 Å². The minimum Gasteiger partial charge on any atom is -0.229 e. The topological polar surface area (TPSA) is 25.8 Å². The van der Waals surface area contributed by atoms with E-state index >= 15 is 0 Å². The third-order valence-corrected chi connectivity index (χ3v) is 4.02. The van der Waals surface area contributed by atoms with Crippen LogP contribution in [-0.2, 0) is 7.59 Å². The number of alkyl halides is 6. The Morgan fingerprint density at radius 1 is 0.947 bits per heavy atom. The Morgan fingerprint density at radius 2 is 1.63 bits per heavy atom. The van der Waals surface area contributed by atoms with E-state index in [1.54, 1.807) is 6.07 Å². The van der Waals surface area contributed by atoms with Crippen LogP contribution in [-0.4, -0.2) is 9.97 Å². The van der Waals surface area contributed by atoms with Crippen LogP contribution in [0.4, 0.5) is 0 Å². The maximum Gasteiger partial charge on any atom is 0.250 e. The highest BCUT2D eigenvalue weighted by Crippen LogP contribution is 2.42. The molecule has 2 nitrogen and oxygen atoms in total. The number of hydrogen-bond acceptors (Lipinski definition) is 3. The molecule has 0 spiro atoms. The van der Waals surface area contributed by atoms with Crippen LogP contribution < -0.4 is 0 Å². The highest BCUT2D eigenvalue weighted by atomic mass is 35.6. The van der Waals surface area contributed by atoms with E-state index in [0.29, 0.717) is 5.69 Å². The third-order valence-electron chi connectivity index (χ3n) is 2.04. The molecule has 0 aliphatic heterocycles. The smallest absolute Gasteiger partial charge is 0.229 e. The van der Waals surface area contributed by atoms with Gasteiger partial charge in [0.15, 0.2) is 5.82 Å². The van der Waals surface area contributed by atoms with E-state index in [0.717, 1.165) is 4.88 Å². The SMILES string of the molecule is ClC(Cl)(Cl)c1cc(-c2cccs2)nc(C(Cl)(Cl)Cl)n1. The lowest BCUT2D eigenvalue weighted by atomic mass is 10.3. The summed E-state index contributed by atoms with van der Waals surface area (Å²) in [6, 6.07) is 5.28. The zero-order valence-electron chi connectivity index (χ0n) is 8.88. The third kappa shape index (κ3) is 4.01. The number of hydrogen-bond donors (Lipinski definition) is 0. The van der Waals surface area contributed by atoms with Crippen molar-refractivity contribution in [2.75, 3.05) is 0 Å². The highest BCUT2D eigenvalue weighted by Gasteiger charge is 2.32. The normalized spacial score (nSPS) is 12.7. The number of rotatable bonds is 1. The predicted octanol–water partition coefficient (Wildman–Crippen LogP) is 5.86. The van der Waals surface area contributed by atoms with Gasteiger partial charge in [0.2, 0.25) is 7.59 Å². The van der Waals surface area contributed by atoms with Crippen molar-refractivity contribution in [1.82, 2.24) is 9.97 Å². The van der Waals surface area contributed by atoms with Gasteiger partial charge >= 0.3 is 0 Å². The van der Waals surface area contributed by atoms with Crippen molar-refractivity contribution < 1.29 is 0 Å². The van der Waals surface area contributed by atoms with Crippen LogP contribution in [0.5, 0.6) is 0 Å². The molecule has 0 atom stereocenters. The first-order valence-electron chi connectivity index (χ1n) is 4.75. The molecule has 0 aliphatic carbocycles. The second kappa shape index (κ2) is 5.72. The molecule has 2 aromatic heterocycles. The molecule has 2 rings (SSSR count). The molecule has 0 saturated carbocycles. The number of aromatic nitrogens is 2. The zero-order valence-corrected chi connectivity index (χ0v) is 14.2. The lowest BCUT2D eigenvalue weighted by Crippen LogP contribution is -2.13. The van der Waals surface area contributed by atoms with E-state index < -0.39 is 7.59 Å². The average molecular weight is 397 g/mol. The molecule has 0 saturated heterocycles. The standard InChI is InChI=1S/C10H4Cl6N2S/c11-9(12,13)7-4-5(6-2-1-3-19-6)17-8(18-7)10(14,15)16/h1-4H. The van der Waals surface area contributed by atoms with Crippen molar-refractivity contribution in [3.05, 3.63) is 35.1 Å². The Hall–Kier alpha value is 0.520. The lowest BCUT2D eigenvalue weighted by Gasteiger charge is -2.16. The first kappa shape index (κ1) is 15.9. The summed E-state index contributed by atoms with van der Waals surface area (Å²) in [6.07, 6.45) is 0. The molecule has 2 heterocycles. The Morgan fingerprint density at radius 3 is 2.11 bits per heavy atom. The van der Waals surface area contributed by atoms with Crippen molar-refractivity contribution >= 4 is 80.9 Å². The minimum absolute atomic E-state index is 0.0373. The van der Waals surface area contributed by atoms with E-state index in [1.807, 2.05) is 17.5 Å². The number of thiophene rings is 1. The van der Waals surface area contributed by atoms with Crippen LogP contribution in [0.15, 0.2) is 23.6 Å². The van der Waals surface area contributed by atoms with Crippen molar-refractivity contribution in [3.63, 3.8) is 0 Å². The first-order chi connectivity index (χ1) is 8.68. The van der Waals surface area contributed by atoms with E-state index in [4.69, 9.17) is 69.6 Å². The minimum atomic E-state index is -1.79. The summed E-state index contributed by atoms with van der Waals surface area (Å²) >= 11 is 36.3. The van der Waals surface area contributed by atoms with Crippen LogP contribution >= 0.6 is 80.9 Å². The highest BCUT2D eigenvalue weighted by molar-refractivity contribution is 7.13. The molecule has 0 aliphatic rings. The maximum atomic E-state index is 5.83. The quantitative estimate of drug-likeness (QED) is 0.564. The second-order valence-electron chi connectivity index (χ2n) is 3.43. The van der Waals surface area contributed by atoms with Crippen LogP contribution in [0.1, 0.15) is 11.5 Å². The Balaban J connectivity index is 2.62. The molecule has 19 heavy (non-hydrogen) atoms. The molecule has 9 heteroatoms. The van der Waals surface area contributed by atoms with Gasteiger partial charge in [0, 0.05) is 0 Å². The van der Waals surface area contributed by atoms with Crippen molar-refractivity contribution in [3.8, 4) is 10.6 Å². The van der Waals surface area contributed by atoms with Crippen molar-refractivity contribution in [2.45, 2.75) is 7.59 Å². The van der Waals surface area contributed by atoms with Gasteiger partial charge < -0.3 is 0 Å². The van der Waals surface area contributed by atoms with Gasteiger partial charge in [0.05, 0.1) is 16.3 Å². The van der Waals surface area contributed by atoms with Gasteiger partial charge in [-0.2, -0.15) is 0 Å². The zero-order chi connectivity index (χ0) is 14.3. The van der Waals surface area contributed by atoms with Gasteiger partial charge in [-0.05, 0) is 17.5 Å². The van der Waals surface area contributed by atoms with Gasteiger partial charge in [-0.3, -0.25) is 0 Å². The summed E-state index contributed by atoms with van der Waals surface area (Å²) < 4.78 is -3.52. The Labute approximate surface area is 143 Å². The summed E-state index contributed by atoms with van der Waals surface area (Å²) in [4.78, 5) is 9.03. The molecule has 0 aromatic carbocycles. The summed E-state index contributed by atoms with van der Waals surface area (Å²) in [6.45, 7) is 0. The molecule has 0 N–H and O–H groups in total. The fourth-order valence-electron chi connectivity index (χ4n) is 1.27. The van der Waals surface area contributed by atoms with Gasteiger partial charge in [-0.1, -0.05) is 75.7 Å². The molecule has 0 bridgehead atoms. The van der Waals surface area contributed by atoms with Crippen molar-refractivity contribution in [2.24, 2.45) is 0 Å². The summed E-state index contributed by atoms with van der Waals surface area (Å²) in [5, 5.41) is 1.89. The largest absolute Gasteiger partial charge is 0.250 e. The van der Waals surface area contributed by atoms with Gasteiger partial charge in [-0.25, -0.2) is 9.97 Å². The van der Waals surface area contributed by atoms with Gasteiger partial charge in [0.25, 0.3) is 0 Å². The van der Waals surface area contributed by atoms with Crippen LogP contribution in [0.3, 0.4) is 0 Å². The fourth-order valence-corrected chi connectivity index (χ4v) is 2.50. The number of nitrogens with zero attached hydrogens (tertiary/aromatic N) is 2. The molecule has 0 unspecified atom stereocenters. The lowest BCUT2D eigenvalue weighted by molar-refractivity contribution is 0.920. The van der Waals surface area contributed by atoms with Crippen LogP contribution in [0.25, 0.3) is 10.6 Å². The second-order valence-corrected chi connectivity index (χ2v) is 8.95. The Kier molecular flexibility index (Phi) is 4.79. The van der Waals surface area contributed by atoms with E-state index in [1.165, 1.54) is 11.3 Å². The predicted molar refractivity (Wildman–Crippen MR) is 83.8 cm³/mol. The van der Waals surface area contributed by atoms with E-state index in [-0.39, 0.29) is 11.5 Å². The molecular weight excluding hydrogens is 393 g/mol. The molecule has 102 valence electrons. The Bertz CT molecular complexity index is 540. The van der Waals surface area contributed by atoms with E-state index in [2.05, 4.69) is 9.97 Å². The molecule has 0 radical (unpaired) electrons. The summed E-state index contributed by atoms with van der Waals surface area (Å²) in [5.74, 6) is -0.0373. The first-order valence-corrected chi connectivity index (χ1v) is 7.90. The van der Waals surface area contributed by atoms with Gasteiger partial charge in [-0.15, -0.1) is 11.3 Å². The monoisotopic (exact) mass is 394 g/mol. The maximum absolute atomic E-state index is 5.83. The number of halogens is 6. The average Bonchev–Trinajstić information content (AvgIpc) is 2.79. The fraction of sp³-hybridized carbons (Fsp3) is 0.200. The molecular formula is C10H4Cl6N2S. The summed E-state index contributed by atoms with van der Waals surface area (Å²) in [7, 11) is 0.